The van der Waals surface area contributed by atoms with E-state index < -0.39 is 0 Å². The zero-order chi connectivity index (χ0) is 12.3. The monoisotopic (exact) mass is 229 g/mol. The van der Waals surface area contributed by atoms with Crippen molar-refractivity contribution in [2.75, 3.05) is 5.73 Å². The van der Waals surface area contributed by atoms with Gasteiger partial charge in [-0.3, -0.25) is 0 Å². The Morgan fingerprint density at radius 3 is 2.71 bits per heavy atom. The quantitative estimate of drug-likeness (QED) is 0.796. The van der Waals surface area contributed by atoms with Crippen LogP contribution in [-0.2, 0) is 6.61 Å². The molecule has 0 aromatic heterocycles. The molecule has 0 fully saturated rings. The molecule has 17 heavy (non-hydrogen) atoms. The fraction of sp³-hybridized carbons (Fsp3) is 0.143. The lowest BCUT2D eigenvalue weighted by Crippen LogP contribution is -1.98. The Hall–Kier alpha value is -2.16. The first-order valence-electron chi connectivity index (χ1n) is 5.42. The number of aromatic hydroxyl groups is 1. The number of rotatable bonds is 3. The topological polar surface area (TPSA) is 55.5 Å². The minimum absolute atomic E-state index is 0.205. The van der Waals surface area contributed by atoms with Gasteiger partial charge in [-0.25, -0.2) is 0 Å². The number of hydrogen-bond acceptors (Lipinski definition) is 3. The molecule has 0 heterocycles. The second-order valence-corrected chi connectivity index (χ2v) is 3.97. The Morgan fingerprint density at radius 2 is 2.00 bits per heavy atom. The van der Waals surface area contributed by atoms with Gasteiger partial charge < -0.3 is 15.6 Å². The van der Waals surface area contributed by atoms with Gasteiger partial charge >= 0.3 is 0 Å². The standard InChI is InChI=1S/C14H15NO2/c1-10-7-12(15)6-5-11(10)9-17-14-4-2-3-13(16)8-14/h2-8,16H,9,15H2,1H3. The normalized spacial score (nSPS) is 10.2. The van der Waals surface area contributed by atoms with Crippen LogP contribution in [0, 0.1) is 6.92 Å². The highest BCUT2D eigenvalue weighted by Crippen LogP contribution is 2.20. The predicted octanol–water partition coefficient (Wildman–Crippen LogP) is 2.86. The molecule has 3 N–H and O–H groups in total. The van der Waals surface area contributed by atoms with Crippen molar-refractivity contribution in [3.63, 3.8) is 0 Å². The number of phenols is 1. The number of hydrogen-bond donors (Lipinski definition) is 2. The highest BCUT2D eigenvalue weighted by molar-refractivity contribution is 5.44. The van der Waals surface area contributed by atoms with Crippen molar-refractivity contribution in [3.8, 4) is 11.5 Å². The van der Waals surface area contributed by atoms with Gasteiger partial charge in [0.05, 0.1) is 0 Å². The number of ether oxygens (including phenoxy) is 1. The maximum atomic E-state index is 9.30. The zero-order valence-corrected chi connectivity index (χ0v) is 9.68. The summed E-state index contributed by atoms with van der Waals surface area (Å²) in [5.74, 6) is 0.859. The molecule has 0 spiro atoms. The molecule has 0 saturated carbocycles. The Balaban J connectivity index is 2.07. The number of anilines is 1. The lowest BCUT2D eigenvalue weighted by atomic mass is 10.1. The van der Waals surface area contributed by atoms with Crippen molar-refractivity contribution in [2.24, 2.45) is 0 Å². The van der Waals surface area contributed by atoms with Crippen LogP contribution in [-0.4, -0.2) is 5.11 Å². The predicted molar refractivity (Wildman–Crippen MR) is 68.0 cm³/mol. The molecule has 0 aliphatic carbocycles. The third-order valence-corrected chi connectivity index (χ3v) is 2.58. The van der Waals surface area contributed by atoms with Crippen LogP contribution in [0.4, 0.5) is 5.69 Å². The van der Waals surface area contributed by atoms with E-state index in [0.29, 0.717) is 12.4 Å². The summed E-state index contributed by atoms with van der Waals surface area (Å²) in [5.41, 5.74) is 8.62. The Morgan fingerprint density at radius 1 is 1.18 bits per heavy atom. The molecule has 3 heteroatoms. The molecule has 0 aliphatic rings. The molecule has 0 radical (unpaired) electrons. The molecule has 0 unspecified atom stereocenters. The van der Waals surface area contributed by atoms with Crippen LogP contribution in [0.25, 0.3) is 0 Å². The van der Waals surface area contributed by atoms with Crippen molar-refractivity contribution >= 4 is 5.69 Å². The third kappa shape index (κ3) is 2.91. The third-order valence-electron chi connectivity index (χ3n) is 2.58. The number of nitrogen functional groups attached to an aromatic ring is 1. The van der Waals surface area contributed by atoms with E-state index in [0.717, 1.165) is 16.8 Å². The largest absolute Gasteiger partial charge is 0.508 e. The van der Waals surface area contributed by atoms with Crippen molar-refractivity contribution in [3.05, 3.63) is 53.6 Å². The van der Waals surface area contributed by atoms with E-state index >= 15 is 0 Å². The van der Waals surface area contributed by atoms with Crippen molar-refractivity contribution < 1.29 is 9.84 Å². The van der Waals surface area contributed by atoms with Gasteiger partial charge in [-0.15, -0.1) is 0 Å². The Kier molecular flexibility index (Phi) is 3.19. The maximum absolute atomic E-state index is 9.30. The second-order valence-electron chi connectivity index (χ2n) is 3.97. The molecule has 3 nitrogen and oxygen atoms in total. The Bertz CT molecular complexity index is 523. The van der Waals surface area contributed by atoms with E-state index in [4.69, 9.17) is 10.5 Å². The van der Waals surface area contributed by atoms with Crippen LogP contribution in [0.15, 0.2) is 42.5 Å². The lowest BCUT2D eigenvalue weighted by Gasteiger charge is -2.09. The molecule has 0 saturated heterocycles. The molecule has 0 bridgehead atoms. The van der Waals surface area contributed by atoms with Gasteiger partial charge in [0.1, 0.15) is 18.1 Å². The highest BCUT2D eigenvalue weighted by atomic mass is 16.5. The first kappa shape index (κ1) is 11.3. The van der Waals surface area contributed by atoms with Crippen LogP contribution in [0.2, 0.25) is 0 Å². The SMILES string of the molecule is Cc1cc(N)ccc1COc1cccc(O)c1. The summed E-state index contributed by atoms with van der Waals surface area (Å²) < 4.78 is 5.59. The molecule has 2 rings (SSSR count). The smallest absolute Gasteiger partial charge is 0.123 e. The lowest BCUT2D eigenvalue weighted by molar-refractivity contribution is 0.303. The Labute approximate surface area is 100 Å². The molecule has 2 aromatic carbocycles. The van der Waals surface area contributed by atoms with Gasteiger partial charge in [0, 0.05) is 11.8 Å². The first-order chi connectivity index (χ1) is 8.15. The number of phenolic OH excluding ortho intramolecular Hbond substituents is 1. The summed E-state index contributed by atoms with van der Waals surface area (Å²) in [7, 11) is 0. The van der Waals surface area contributed by atoms with Gasteiger partial charge in [-0.2, -0.15) is 0 Å². The van der Waals surface area contributed by atoms with Gasteiger partial charge in [0.15, 0.2) is 0 Å². The van der Waals surface area contributed by atoms with Crippen LogP contribution >= 0.6 is 0 Å². The molecule has 0 amide bonds. The van der Waals surface area contributed by atoms with Crippen molar-refractivity contribution in [1.82, 2.24) is 0 Å². The summed E-state index contributed by atoms with van der Waals surface area (Å²) in [6.07, 6.45) is 0. The average Bonchev–Trinajstić information content (AvgIpc) is 2.28. The van der Waals surface area contributed by atoms with E-state index in [-0.39, 0.29) is 5.75 Å². The number of nitrogens with two attached hydrogens (primary N) is 1. The summed E-state index contributed by atoms with van der Waals surface area (Å²) in [6.45, 7) is 2.47. The molecule has 2 aromatic rings. The van der Waals surface area contributed by atoms with E-state index in [2.05, 4.69) is 0 Å². The van der Waals surface area contributed by atoms with Crippen molar-refractivity contribution in [2.45, 2.75) is 13.5 Å². The van der Waals surface area contributed by atoms with Gasteiger partial charge in [0.25, 0.3) is 0 Å². The fourth-order valence-electron chi connectivity index (χ4n) is 1.62. The summed E-state index contributed by atoms with van der Waals surface area (Å²) in [4.78, 5) is 0. The van der Waals surface area contributed by atoms with Crippen molar-refractivity contribution in [1.29, 1.82) is 0 Å². The van der Waals surface area contributed by atoms with E-state index in [1.807, 2.05) is 31.2 Å². The molecular weight excluding hydrogens is 214 g/mol. The van der Waals surface area contributed by atoms with Gasteiger partial charge in [-0.1, -0.05) is 12.1 Å². The maximum Gasteiger partial charge on any atom is 0.123 e. The fourth-order valence-corrected chi connectivity index (χ4v) is 1.62. The van der Waals surface area contributed by atoms with Crippen LogP contribution < -0.4 is 10.5 Å². The summed E-state index contributed by atoms with van der Waals surface area (Å²) >= 11 is 0. The second kappa shape index (κ2) is 4.78. The summed E-state index contributed by atoms with van der Waals surface area (Å²) in [6, 6.07) is 12.5. The highest BCUT2D eigenvalue weighted by Gasteiger charge is 2.01. The minimum Gasteiger partial charge on any atom is -0.508 e. The number of aryl methyl sites for hydroxylation is 1. The first-order valence-corrected chi connectivity index (χ1v) is 5.42. The van der Waals surface area contributed by atoms with E-state index in [1.165, 1.54) is 0 Å². The zero-order valence-electron chi connectivity index (χ0n) is 9.68. The molecular formula is C14H15NO2. The van der Waals surface area contributed by atoms with Gasteiger partial charge in [-0.05, 0) is 42.3 Å². The van der Waals surface area contributed by atoms with E-state index in [1.54, 1.807) is 18.2 Å². The van der Waals surface area contributed by atoms with Crippen LogP contribution in [0.1, 0.15) is 11.1 Å². The minimum atomic E-state index is 0.205. The number of benzene rings is 2. The molecule has 0 atom stereocenters. The van der Waals surface area contributed by atoms with Crippen LogP contribution in [0.3, 0.4) is 0 Å². The van der Waals surface area contributed by atoms with E-state index in [9.17, 15) is 5.11 Å². The van der Waals surface area contributed by atoms with Crippen LogP contribution in [0.5, 0.6) is 11.5 Å². The molecule has 88 valence electrons. The van der Waals surface area contributed by atoms with Gasteiger partial charge in [0.2, 0.25) is 0 Å². The summed E-state index contributed by atoms with van der Waals surface area (Å²) in [5, 5.41) is 9.30. The average molecular weight is 229 g/mol. The molecule has 0 aliphatic heterocycles.